The fraction of sp³-hybridized carbons (Fsp3) is 0.0952. The molecule has 2 aromatic carbocycles. The molecule has 7 heteroatoms. The van der Waals surface area contributed by atoms with Gasteiger partial charge >= 0.3 is 5.97 Å². The first-order valence-electron chi connectivity index (χ1n) is 8.48. The van der Waals surface area contributed by atoms with E-state index in [-0.39, 0.29) is 15.6 Å². The maximum atomic E-state index is 12.6. The number of halogens is 2. The van der Waals surface area contributed by atoms with Gasteiger partial charge in [-0.15, -0.1) is 0 Å². The molecule has 0 aliphatic heterocycles. The van der Waals surface area contributed by atoms with E-state index >= 15 is 0 Å². The maximum Gasteiger partial charge on any atom is 0.330 e. The van der Waals surface area contributed by atoms with Gasteiger partial charge in [0.2, 0.25) is 0 Å². The van der Waals surface area contributed by atoms with Crippen molar-refractivity contribution in [2.24, 2.45) is 0 Å². The third-order valence-corrected chi connectivity index (χ3v) is 4.50. The number of nitrogens with one attached hydrogen (secondary N) is 1. The van der Waals surface area contributed by atoms with Gasteiger partial charge in [0.1, 0.15) is 0 Å². The lowest BCUT2D eigenvalue weighted by Crippen LogP contribution is -2.13. The second-order valence-corrected chi connectivity index (χ2v) is 6.60. The molecule has 28 heavy (non-hydrogen) atoms. The molecule has 0 atom stereocenters. The van der Waals surface area contributed by atoms with Crippen molar-refractivity contribution in [1.29, 1.82) is 0 Å². The number of anilines is 1. The Labute approximate surface area is 171 Å². The largest absolute Gasteiger partial charge is 0.463 e. The Morgan fingerprint density at radius 1 is 1.14 bits per heavy atom. The topological polar surface area (TPSA) is 68.3 Å². The quantitative estimate of drug-likeness (QED) is 0.449. The van der Waals surface area contributed by atoms with Crippen LogP contribution in [0.2, 0.25) is 10.0 Å². The number of nitrogens with zero attached hydrogens (tertiary/aromatic N) is 1. The van der Waals surface area contributed by atoms with Crippen molar-refractivity contribution < 1.29 is 14.3 Å². The van der Waals surface area contributed by atoms with Gasteiger partial charge in [0.05, 0.1) is 33.4 Å². The lowest BCUT2D eigenvalue weighted by molar-refractivity contribution is -0.137. The van der Waals surface area contributed by atoms with E-state index in [1.807, 2.05) is 12.1 Å². The van der Waals surface area contributed by atoms with E-state index in [0.717, 1.165) is 10.9 Å². The van der Waals surface area contributed by atoms with E-state index in [2.05, 4.69) is 10.3 Å². The van der Waals surface area contributed by atoms with Crippen LogP contribution in [0.1, 0.15) is 22.8 Å². The van der Waals surface area contributed by atoms with E-state index in [1.165, 1.54) is 6.08 Å². The van der Waals surface area contributed by atoms with Crippen LogP contribution in [0.25, 0.3) is 17.0 Å². The molecule has 0 saturated heterocycles. The number of pyridine rings is 1. The molecular weight excluding hydrogens is 399 g/mol. The molecule has 0 radical (unpaired) electrons. The summed E-state index contributed by atoms with van der Waals surface area (Å²) >= 11 is 12.2. The molecule has 0 aliphatic carbocycles. The van der Waals surface area contributed by atoms with Crippen molar-refractivity contribution >= 4 is 57.7 Å². The molecular formula is C21H16Cl2N2O3. The summed E-state index contributed by atoms with van der Waals surface area (Å²) < 4.78 is 4.86. The van der Waals surface area contributed by atoms with Crippen LogP contribution in [0.3, 0.4) is 0 Å². The molecule has 1 aromatic heterocycles. The van der Waals surface area contributed by atoms with Crippen LogP contribution in [0, 0.1) is 0 Å². The first-order chi connectivity index (χ1) is 13.5. The molecule has 0 spiro atoms. The fourth-order valence-corrected chi connectivity index (χ4v) is 3.19. The number of para-hydroxylation sites is 1. The minimum atomic E-state index is -0.420. The minimum Gasteiger partial charge on any atom is -0.463 e. The fourth-order valence-electron chi connectivity index (χ4n) is 2.62. The smallest absolute Gasteiger partial charge is 0.330 e. The monoisotopic (exact) mass is 414 g/mol. The highest BCUT2D eigenvalue weighted by molar-refractivity contribution is 6.40. The molecule has 0 fully saturated rings. The molecule has 0 bridgehead atoms. The highest BCUT2D eigenvalue weighted by Gasteiger charge is 2.16. The molecule has 142 valence electrons. The first-order valence-corrected chi connectivity index (χ1v) is 9.24. The maximum absolute atomic E-state index is 12.6. The van der Waals surface area contributed by atoms with Crippen LogP contribution in [-0.2, 0) is 9.53 Å². The number of hydrogen-bond donors (Lipinski definition) is 1. The van der Waals surface area contributed by atoms with Gasteiger partial charge in [-0.25, -0.2) is 4.79 Å². The van der Waals surface area contributed by atoms with Crippen molar-refractivity contribution in [2.75, 3.05) is 11.9 Å². The average Bonchev–Trinajstić information content (AvgIpc) is 2.66. The van der Waals surface area contributed by atoms with Gasteiger partial charge in [-0.3, -0.25) is 9.78 Å². The second-order valence-electron chi connectivity index (χ2n) is 5.78. The van der Waals surface area contributed by atoms with Gasteiger partial charge < -0.3 is 10.1 Å². The predicted octanol–water partition coefficient (Wildman–Crippen LogP) is 5.37. The molecule has 5 nitrogen and oxygen atoms in total. The van der Waals surface area contributed by atoms with Crippen LogP contribution in [-0.4, -0.2) is 23.5 Å². The van der Waals surface area contributed by atoms with E-state index < -0.39 is 11.9 Å². The van der Waals surface area contributed by atoms with Crippen LogP contribution in [0.15, 0.2) is 54.7 Å². The normalized spacial score (nSPS) is 11.0. The average molecular weight is 415 g/mol. The minimum absolute atomic E-state index is 0.205. The molecule has 1 amide bonds. The molecule has 0 aliphatic rings. The zero-order valence-electron chi connectivity index (χ0n) is 14.9. The number of hydrogen-bond acceptors (Lipinski definition) is 4. The first kappa shape index (κ1) is 19.9. The predicted molar refractivity (Wildman–Crippen MR) is 112 cm³/mol. The van der Waals surface area contributed by atoms with Crippen molar-refractivity contribution in [3.8, 4) is 0 Å². The molecule has 1 N–H and O–H groups in total. The van der Waals surface area contributed by atoms with Crippen LogP contribution >= 0.6 is 23.2 Å². The van der Waals surface area contributed by atoms with Crippen molar-refractivity contribution in [3.63, 3.8) is 0 Å². The standard InChI is InChI=1S/C21H16Cl2N2O3/c1-2-28-18(26)10-9-13-11-14-5-3-8-17(20(14)24-12-13)25-21(27)19-15(22)6-4-7-16(19)23/h3-12H,2H2,1H3,(H,25,27). The number of carbonyl (C=O) groups excluding carboxylic acids is 2. The number of fused-ring (bicyclic) bond motifs is 1. The van der Waals surface area contributed by atoms with Gasteiger partial charge in [-0.2, -0.15) is 0 Å². The molecule has 0 saturated carbocycles. The summed E-state index contributed by atoms with van der Waals surface area (Å²) in [5.41, 5.74) is 2.07. The zero-order valence-corrected chi connectivity index (χ0v) is 16.4. The number of aromatic nitrogens is 1. The van der Waals surface area contributed by atoms with E-state index in [0.29, 0.717) is 17.8 Å². The van der Waals surface area contributed by atoms with E-state index in [9.17, 15) is 9.59 Å². The van der Waals surface area contributed by atoms with Crippen LogP contribution in [0.5, 0.6) is 0 Å². The third kappa shape index (κ3) is 4.50. The molecule has 3 rings (SSSR count). The highest BCUT2D eigenvalue weighted by Crippen LogP contribution is 2.27. The zero-order chi connectivity index (χ0) is 20.1. The van der Waals surface area contributed by atoms with Crippen molar-refractivity contribution in [3.05, 3.63) is 75.9 Å². The van der Waals surface area contributed by atoms with Gasteiger partial charge in [0.25, 0.3) is 5.91 Å². The summed E-state index contributed by atoms with van der Waals surface area (Å²) in [6, 6.07) is 12.1. The Morgan fingerprint density at radius 3 is 2.57 bits per heavy atom. The Bertz CT molecular complexity index is 1060. The van der Waals surface area contributed by atoms with Crippen LogP contribution < -0.4 is 5.32 Å². The summed E-state index contributed by atoms with van der Waals surface area (Å²) in [4.78, 5) is 28.5. The summed E-state index contributed by atoms with van der Waals surface area (Å²) in [5.74, 6) is -0.837. The lowest BCUT2D eigenvalue weighted by Gasteiger charge is -2.10. The Balaban J connectivity index is 1.89. The lowest BCUT2D eigenvalue weighted by atomic mass is 10.1. The number of esters is 1. The van der Waals surface area contributed by atoms with Gasteiger partial charge in [-0.1, -0.05) is 41.4 Å². The number of benzene rings is 2. The number of ether oxygens (including phenoxy) is 1. The Kier molecular flexibility index (Phi) is 6.29. The summed E-state index contributed by atoms with van der Waals surface area (Å²) in [6.07, 6.45) is 4.58. The third-order valence-electron chi connectivity index (χ3n) is 3.87. The summed E-state index contributed by atoms with van der Waals surface area (Å²) in [7, 11) is 0. The summed E-state index contributed by atoms with van der Waals surface area (Å²) in [5, 5.41) is 4.14. The summed E-state index contributed by atoms with van der Waals surface area (Å²) in [6.45, 7) is 2.06. The van der Waals surface area contributed by atoms with Gasteiger partial charge in [-0.05, 0) is 42.8 Å². The molecule has 3 aromatic rings. The number of carbonyl (C=O) groups is 2. The van der Waals surface area contributed by atoms with Crippen LogP contribution in [0.4, 0.5) is 5.69 Å². The second kappa shape index (κ2) is 8.87. The van der Waals surface area contributed by atoms with Crippen molar-refractivity contribution in [1.82, 2.24) is 4.98 Å². The van der Waals surface area contributed by atoms with Gasteiger partial charge in [0, 0.05) is 17.7 Å². The SMILES string of the molecule is CCOC(=O)C=Cc1cnc2c(NC(=O)c3c(Cl)cccc3Cl)cccc2c1. The van der Waals surface area contributed by atoms with Crippen molar-refractivity contribution in [2.45, 2.75) is 6.92 Å². The Hall–Kier alpha value is -2.89. The molecule has 1 heterocycles. The van der Waals surface area contributed by atoms with E-state index in [1.54, 1.807) is 49.5 Å². The number of rotatable bonds is 5. The molecule has 0 unspecified atom stereocenters. The van der Waals surface area contributed by atoms with Gasteiger partial charge in [0.15, 0.2) is 0 Å². The van der Waals surface area contributed by atoms with E-state index in [4.69, 9.17) is 27.9 Å². The number of amides is 1. The highest BCUT2D eigenvalue weighted by atomic mass is 35.5. The Morgan fingerprint density at radius 2 is 1.86 bits per heavy atom.